The molecule has 0 unspecified atom stereocenters. The van der Waals surface area contributed by atoms with E-state index >= 15 is 0 Å². The van der Waals surface area contributed by atoms with Crippen molar-refractivity contribution in [3.63, 3.8) is 0 Å². The molecule has 1 amide bonds. The Hall–Kier alpha value is -2.47. The van der Waals surface area contributed by atoms with Crippen LogP contribution < -0.4 is 10.2 Å². The quantitative estimate of drug-likeness (QED) is 0.850. The van der Waals surface area contributed by atoms with Crippen molar-refractivity contribution >= 4 is 11.6 Å². The van der Waals surface area contributed by atoms with Crippen LogP contribution in [0.25, 0.3) is 0 Å². The van der Waals surface area contributed by atoms with E-state index in [1.165, 1.54) is 6.07 Å². The Morgan fingerprint density at radius 2 is 1.89 bits per heavy atom. The van der Waals surface area contributed by atoms with Gasteiger partial charge in [-0.1, -0.05) is 32.0 Å². The number of nitrogens with one attached hydrogen (secondary N) is 1. The van der Waals surface area contributed by atoms with E-state index in [0.29, 0.717) is 12.2 Å². The number of carbonyl (C=O) groups excluding carboxylic acids is 1. The zero-order chi connectivity index (χ0) is 19.2. The Balaban J connectivity index is 1.69. The Bertz CT molecular complexity index is 745. The van der Waals surface area contributed by atoms with Crippen LogP contribution in [0.1, 0.15) is 25.5 Å². The molecule has 0 aliphatic carbocycles. The second-order valence-corrected chi connectivity index (χ2v) is 7.18. The summed E-state index contributed by atoms with van der Waals surface area (Å²) in [6.07, 6.45) is 3.61. The largest absolute Gasteiger partial charge is 0.367 e. The normalized spacial score (nSPS) is 16.4. The van der Waals surface area contributed by atoms with Crippen molar-refractivity contribution in [1.29, 1.82) is 0 Å². The van der Waals surface area contributed by atoms with Crippen molar-refractivity contribution in [2.75, 3.05) is 37.6 Å². The van der Waals surface area contributed by atoms with Crippen LogP contribution in [-0.4, -0.2) is 48.5 Å². The summed E-state index contributed by atoms with van der Waals surface area (Å²) in [5.74, 6) is -0.176. The van der Waals surface area contributed by atoms with Gasteiger partial charge < -0.3 is 10.2 Å². The molecule has 1 aromatic carbocycles. The number of piperazine rings is 1. The molecule has 3 rings (SSSR count). The number of para-hydroxylation sites is 1. The van der Waals surface area contributed by atoms with Crippen molar-refractivity contribution in [2.45, 2.75) is 19.9 Å². The second-order valence-electron chi connectivity index (χ2n) is 7.18. The minimum atomic E-state index is -0.182. The van der Waals surface area contributed by atoms with Gasteiger partial charge in [-0.3, -0.25) is 14.7 Å². The van der Waals surface area contributed by atoms with Gasteiger partial charge in [-0.2, -0.15) is 0 Å². The van der Waals surface area contributed by atoms with Crippen LogP contribution in [0.15, 0.2) is 48.8 Å². The van der Waals surface area contributed by atoms with E-state index in [2.05, 4.69) is 20.1 Å². The first-order valence-corrected chi connectivity index (χ1v) is 9.47. The lowest BCUT2D eigenvalue weighted by Gasteiger charge is -2.40. The zero-order valence-corrected chi connectivity index (χ0v) is 15.9. The molecular weight excluding hydrogens is 343 g/mol. The molecule has 6 heteroatoms. The second kappa shape index (κ2) is 8.95. The number of nitrogens with zero attached hydrogens (tertiary/aromatic N) is 3. The molecule has 0 saturated carbocycles. The molecule has 1 fully saturated rings. The number of carbonyl (C=O) groups is 1. The van der Waals surface area contributed by atoms with Gasteiger partial charge in [-0.15, -0.1) is 0 Å². The van der Waals surface area contributed by atoms with Crippen molar-refractivity contribution in [1.82, 2.24) is 15.2 Å². The first-order chi connectivity index (χ1) is 13.1. The topological polar surface area (TPSA) is 48.5 Å². The first kappa shape index (κ1) is 19.3. The molecule has 1 N–H and O–H groups in total. The molecule has 5 nitrogen and oxygen atoms in total. The van der Waals surface area contributed by atoms with Crippen LogP contribution in [0.4, 0.5) is 10.1 Å². The number of halogens is 1. The Morgan fingerprint density at radius 3 is 2.52 bits per heavy atom. The van der Waals surface area contributed by atoms with Gasteiger partial charge >= 0.3 is 0 Å². The van der Waals surface area contributed by atoms with E-state index in [-0.39, 0.29) is 23.7 Å². The van der Waals surface area contributed by atoms with E-state index < -0.39 is 0 Å². The number of hydrogen-bond donors (Lipinski definition) is 1. The lowest BCUT2D eigenvalue weighted by Crippen LogP contribution is -2.50. The fourth-order valence-electron chi connectivity index (χ4n) is 3.41. The third-order valence-electron chi connectivity index (χ3n) is 5.01. The van der Waals surface area contributed by atoms with Crippen LogP contribution >= 0.6 is 0 Å². The summed E-state index contributed by atoms with van der Waals surface area (Å²) in [4.78, 5) is 20.7. The number of rotatable bonds is 6. The van der Waals surface area contributed by atoms with E-state index in [1.54, 1.807) is 12.3 Å². The van der Waals surface area contributed by atoms with Crippen LogP contribution in [-0.2, 0) is 4.79 Å². The standard InChI is InChI=1S/C21H27FN4O/c1-16(2)21(27)24-15-20(17-6-5-9-23-14-17)26-12-10-25(11-13-26)19-8-4-3-7-18(19)22/h3-9,14,16,20H,10-13,15H2,1-2H3,(H,24,27)/t20-/m0/s1. The summed E-state index contributed by atoms with van der Waals surface area (Å²) in [5, 5.41) is 3.05. The van der Waals surface area contributed by atoms with Crippen LogP contribution in [0.5, 0.6) is 0 Å². The van der Waals surface area contributed by atoms with Gasteiger partial charge in [0, 0.05) is 51.0 Å². The van der Waals surface area contributed by atoms with Gasteiger partial charge in [-0.25, -0.2) is 4.39 Å². The highest BCUT2D eigenvalue weighted by molar-refractivity contribution is 5.77. The molecule has 0 spiro atoms. The number of pyridine rings is 1. The van der Waals surface area contributed by atoms with Gasteiger partial charge in [0.1, 0.15) is 5.82 Å². The molecule has 2 aromatic rings. The number of hydrogen-bond acceptors (Lipinski definition) is 4. The summed E-state index contributed by atoms with van der Waals surface area (Å²) >= 11 is 0. The number of aromatic nitrogens is 1. The van der Waals surface area contributed by atoms with Crippen molar-refractivity contribution in [2.24, 2.45) is 5.92 Å². The molecule has 0 bridgehead atoms. The van der Waals surface area contributed by atoms with E-state index in [0.717, 1.165) is 31.7 Å². The fraction of sp³-hybridized carbons (Fsp3) is 0.429. The molecule has 1 atom stereocenters. The summed E-state index contributed by atoms with van der Waals surface area (Å²) in [5.41, 5.74) is 1.74. The zero-order valence-electron chi connectivity index (χ0n) is 15.9. The van der Waals surface area contributed by atoms with Crippen molar-refractivity contribution in [3.05, 3.63) is 60.2 Å². The Kier molecular flexibility index (Phi) is 6.40. The van der Waals surface area contributed by atoms with Gasteiger partial charge in [0.2, 0.25) is 5.91 Å². The maximum Gasteiger partial charge on any atom is 0.222 e. The predicted octanol–water partition coefficient (Wildman–Crippen LogP) is 2.86. The van der Waals surface area contributed by atoms with Crippen LogP contribution in [0.3, 0.4) is 0 Å². The number of anilines is 1. The average Bonchev–Trinajstić information content (AvgIpc) is 2.69. The molecule has 27 heavy (non-hydrogen) atoms. The number of benzene rings is 1. The highest BCUT2D eigenvalue weighted by Gasteiger charge is 2.26. The van der Waals surface area contributed by atoms with E-state index in [9.17, 15) is 9.18 Å². The van der Waals surface area contributed by atoms with Crippen molar-refractivity contribution in [3.8, 4) is 0 Å². The predicted molar refractivity (Wildman–Crippen MR) is 105 cm³/mol. The summed E-state index contributed by atoms with van der Waals surface area (Å²) in [6, 6.07) is 10.9. The van der Waals surface area contributed by atoms with E-state index in [4.69, 9.17) is 0 Å². The molecule has 0 radical (unpaired) electrons. The van der Waals surface area contributed by atoms with Crippen LogP contribution in [0, 0.1) is 11.7 Å². The Labute approximate surface area is 160 Å². The third-order valence-corrected chi connectivity index (χ3v) is 5.01. The molecule has 1 saturated heterocycles. The molecule has 1 aliphatic rings. The monoisotopic (exact) mass is 370 g/mol. The lowest BCUT2D eigenvalue weighted by molar-refractivity contribution is -0.124. The first-order valence-electron chi connectivity index (χ1n) is 9.47. The fourth-order valence-corrected chi connectivity index (χ4v) is 3.41. The van der Waals surface area contributed by atoms with Crippen LogP contribution in [0.2, 0.25) is 0 Å². The molecule has 2 heterocycles. The highest BCUT2D eigenvalue weighted by atomic mass is 19.1. The summed E-state index contributed by atoms with van der Waals surface area (Å²) in [6.45, 7) is 7.41. The number of amides is 1. The maximum atomic E-state index is 14.1. The van der Waals surface area contributed by atoms with E-state index in [1.807, 2.05) is 44.3 Å². The Morgan fingerprint density at radius 1 is 1.15 bits per heavy atom. The highest BCUT2D eigenvalue weighted by Crippen LogP contribution is 2.25. The third kappa shape index (κ3) is 4.83. The van der Waals surface area contributed by atoms with Gasteiger partial charge in [0.05, 0.1) is 11.7 Å². The summed E-state index contributed by atoms with van der Waals surface area (Å²) in [7, 11) is 0. The maximum absolute atomic E-state index is 14.1. The van der Waals surface area contributed by atoms with Gasteiger partial charge in [0.15, 0.2) is 0 Å². The molecule has 1 aliphatic heterocycles. The minimum absolute atomic E-state index is 0.0440. The molecule has 1 aromatic heterocycles. The van der Waals surface area contributed by atoms with Crippen molar-refractivity contribution < 1.29 is 9.18 Å². The lowest BCUT2D eigenvalue weighted by atomic mass is 10.1. The SMILES string of the molecule is CC(C)C(=O)NC[C@@H](c1cccnc1)N1CCN(c2ccccc2F)CC1. The average molecular weight is 370 g/mol. The van der Waals surface area contributed by atoms with Gasteiger partial charge in [-0.05, 0) is 23.8 Å². The minimum Gasteiger partial charge on any atom is -0.367 e. The smallest absolute Gasteiger partial charge is 0.222 e. The summed E-state index contributed by atoms with van der Waals surface area (Å²) < 4.78 is 14.1. The van der Waals surface area contributed by atoms with Gasteiger partial charge in [0.25, 0.3) is 0 Å². The molecular formula is C21H27FN4O. The molecule has 144 valence electrons.